The van der Waals surface area contributed by atoms with Crippen LogP contribution in [0.25, 0.3) is 0 Å². The number of halogens is 1. The van der Waals surface area contributed by atoms with E-state index < -0.39 is 10.5 Å². The maximum atomic E-state index is 11.0. The van der Waals surface area contributed by atoms with Crippen LogP contribution in [0.3, 0.4) is 0 Å². The average molecular weight is 315 g/mol. The highest BCUT2D eigenvalue weighted by Crippen LogP contribution is 2.42. The maximum absolute atomic E-state index is 11.0. The number of rotatable bonds is 5. The monoisotopic (exact) mass is 314 g/mol. The minimum absolute atomic E-state index is 0.0182. The van der Waals surface area contributed by atoms with E-state index in [-0.39, 0.29) is 12.3 Å². The first-order chi connectivity index (χ1) is 8.46. The summed E-state index contributed by atoms with van der Waals surface area (Å²) in [7, 11) is 0. The molecule has 6 heteroatoms. The lowest BCUT2D eigenvalue weighted by Crippen LogP contribution is -2.41. The molecule has 0 saturated heterocycles. The summed E-state index contributed by atoms with van der Waals surface area (Å²) in [5, 5.41) is 23.6. The van der Waals surface area contributed by atoms with Crippen molar-refractivity contribution in [3.63, 3.8) is 0 Å². The molecule has 18 heavy (non-hydrogen) atoms. The highest BCUT2D eigenvalue weighted by molar-refractivity contribution is 9.10. The molecule has 0 aromatic heterocycles. The summed E-state index contributed by atoms with van der Waals surface area (Å²) >= 11 is 3.22. The van der Waals surface area contributed by atoms with E-state index in [1.165, 1.54) is 6.07 Å². The van der Waals surface area contributed by atoms with Crippen LogP contribution in [-0.2, 0) is 0 Å². The molecule has 2 rings (SSSR count). The van der Waals surface area contributed by atoms with Gasteiger partial charge in [-0.1, -0.05) is 15.9 Å². The van der Waals surface area contributed by atoms with Gasteiger partial charge < -0.3 is 10.4 Å². The first kappa shape index (κ1) is 13.3. The molecule has 0 amide bonds. The quantitative estimate of drug-likeness (QED) is 0.647. The molecule has 1 saturated carbocycles. The van der Waals surface area contributed by atoms with Gasteiger partial charge in [0, 0.05) is 10.5 Å². The van der Waals surface area contributed by atoms with Crippen LogP contribution < -0.4 is 5.32 Å². The number of hydrogen-bond donors (Lipinski definition) is 2. The van der Waals surface area contributed by atoms with E-state index >= 15 is 0 Å². The number of nitrogens with zero attached hydrogens (tertiary/aromatic N) is 1. The fraction of sp³-hybridized carbons (Fsp3) is 0.500. The van der Waals surface area contributed by atoms with Crippen LogP contribution in [0.5, 0.6) is 0 Å². The lowest BCUT2D eigenvalue weighted by atomic mass is 9.96. The third kappa shape index (κ3) is 2.64. The lowest BCUT2D eigenvalue weighted by Gasteiger charge is -2.29. The number of aliphatic hydroxyl groups is 1. The molecule has 0 radical (unpaired) electrons. The van der Waals surface area contributed by atoms with Crippen LogP contribution in [0.15, 0.2) is 22.7 Å². The Morgan fingerprint density at radius 2 is 2.28 bits per heavy atom. The van der Waals surface area contributed by atoms with Crippen molar-refractivity contribution in [2.75, 3.05) is 11.9 Å². The predicted molar refractivity (Wildman–Crippen MR) is 72.6 cm³/mol. The molecule has 1 aromatic rings. The smallest absolute Gasteiger partial charge is 0.293 e. The highest BCUT2D eigenvalue weighted by atomic mass is 79.9. The van der Waals surface area contributed by atoms with Crippen molar-refractivity contribution in [1.29, 1.82) is 0 Å². The summed E-state index contributed by atoms with van der Waals surface area (Å²) in [4.78, 5) is 10.6. The number of anilines is 1. The van der Waals surface area contributed by atoms with Gasteiger partial charge in [-0.3, -0.25) is 10.1 Å². The number of nitro benzene ring substituents is 1. The van der Waals surface area contributed by atoms with Crippen molar-refractivity contribution in [3.05, 3.63) is 32.8 Å². The van der Waals surface area contributed by atoms with Crippen molar-refractivity contribution in [2.24, 2.45) is 5.92 Å². The summed E-state index contributed by atoms with van der Waals surface area (Å²) in [6, 6.07) is 4.88. The van der Waals surface area contributed by atoms with Gasteiger partial charge in [0.1, 0.15) is 5.69 Å². The standard InChI is InChI=1S/C12H15BrN2O3/c1-12(7-16,8-2-3-8)14-10-5-4-9(13)6-11(10)15(17)18/h4-6,8,14,16H,2-3,7H2,1H3. The molecule has 98 valence electrons. The summed E-state index contributed by atoms with van der Waals surface area (Å²) in [6.07, 6.45) is 2.10. The molecule has 1 aromatic carbocycles. The van der Waals surface area contributed by atoms with Crippen molar-refractivity contribution >= 4 is 27.3 Å². The van der Waals surface area contributed by atoms with E-state index in [1.54, 1.807) is 12.1 Å². The molecule has 1 atom stereocenters. The number of nitro groups is 1. The zero-order chi connectivity index (χ0) is 13.3. The number of hydrogen-bond acceptors (Lipinski definition) is 4. The third-order valence-corrected chi connectivity index (χ3v) is 3.88. The van der Waals surface area contributed by atoms with Gasteiger partial charge in [-0.25, -0.2) is 0 Å². The third-order valence-electron chi connectivity index (χ3n) is 3.38. The van der Waals surface area contributed by atoms with Gasteiger partial charge in [-0.05, 0) is 37.8 Å². The summed E-state index contributed by atoms with van der Waals surface area (Å²) < 4.78 is 0.664. The second kappa shape index (κ2) is 4.85. The van der Waals surface area contributed by atoms with Gasteiger partial charge in [0.2, 0.25) is 0 Å². The Morgan fingerprint density at radius 1 is 1.61 bits per heavy atom. The number of benzene rings is 1. The summed E-state index contributed by atoms with van der Waals surface area (Å²) in [6.45, 7) is 1.86. The van der Waals surface area contributed by atoms with Gasteiger partial charge in [-0.15, -0.1) is 0 Å². The Balaban J connectivity index is 2.30. The van der Waals surface area contributed by atoms with Gasteiger partial charge in [0.15, 0.2) is 0 Å². The molecular weight excluding hydrogens is 300 g/mol. The second-order valence-corrected chi connectivity index (χ2v) is 5.81. The fourth-order valence-corrected chi connectivity index (χ4v) is 2.41. The van der Waals surface area contributed by atoms with Crippen molar-refractivity contribution < 1.29 is 10.0 Å². The van der Waals surface area contributed by atoms with Crippen molar-refractivity contribution in [1.82, 2.24) is 0 Å². The Hall–Kier alpha value is -1.14. The molecular formula is C12H15BrN2O3. The molecule has 0 heterocycles. The lowest BCUT2D eigenvalue weighted by molar-refractivity contribution is -0.384. The van der Waals surface area contributed by atoms with E-state index in [4.69, 9.17) is 0 Å². The Kier molecular flexibility index (Phi) is 3.59. The van der Waals surface area contributed by atoms with Crippen molar-refractivity contribution in [2.45, 2.75) is 25.3 Å². The predicted octanol–water partition coefficient (Wildman–Crippen LogP) is 2.93. The maximum Gasteiger partial charge on any atom is 0.293 e. The van der Waals surface area contributed by atoms with Gasteiger partial charge in [0.05, 0.1) is 17.1 Å². The first-order valence-corrected chi connectivity index (χ1v) is 6.58. The highest BCUT2D eigenvalue weighted by Gasteiger charge is 2.41. The van der Waals surface area contributed by atoms with Gasteiger partial charge in [0.25, 0.3) is 5.69 Å². The minimum Gasteiger partial charge on any atom is -0.394 e. The second-order valence-electron chi connectivity index (χ2n) is 4.89. The summed E-state index contributed by atoms with van der Waals surface area (Å²) in [5.41, 5.74) is -0.0187. The van der Waals surface area contributed by atoms with Gasteiger partial charge >= 0.3 is 0 Å². The normalized spacial score (nSPS) is 18.2. The number of nitrogens with one attached hydrogen (secondary N) is 1. The molecule has 0 bridgehead atoms. The molecule has 1 aliphatic rings. The molecule has 1 aliphatic carbocycles. The fourth-order valence-electron chi connectivity index (χ4n) is 2.06. The van der Waals surface area contributed by atoms with Crippen molar-refractivity contribution in [3.8, 4) is 0 Å². The first-order valence-electron chi connectivity index (χ1n) is 5.79. The van der Waals surface area contributed by atoms with E-state index in [0.717, 1.165) is 12.8 Å². The van der Waals surface area contributed by atoms with Crippen LogP contribution >= 0.6 is 15.9 Å². The molecule has 1 unspecified atom stereocenters. The van der Waals surface area contributed by atoms with E-state index in [1.807, 2.05) is 6.92 Å². The van der Waals surface area contributed by atoms with Gasteiger partial charge in [-0.2, -0.15) is 0 Å². The zero-order valence-corrected chi connectivity index (χ0v) is 11.6. The topological polar surface area (TPSA) is 75.4 Å². The molecule has 1 fully saturated rings. The largest absolute Gasteiger partial charge is 0.394 e. The van der Waals surface area contributed by atoms with Crippen LogP contribution in [-0.4, -0.2) is 22.2 Å². The minimum atomic E-state index is -0.488. The van der Waals surface area contributed by atoms with Crippen LogP contribution in [0.1, 0.15) is 19.8 Å². The van der Waals surface area contributed by atoms with E-state index in [2.05, 4.69) is 21.2 Å². The van der Waals surface area contributed by atoms with Crippen LogP contribution in [0.2, 0.25) is 0 Å². The van der Waals surface area contributed by atoms with E-state index in [0.29, 0.717) is 16.1 Å². The zero-order valence-electron chi connectivity index (χ0n) is 10.0. The van der Waals surface area contributed by atoms with E-state index in [9.17, 15) is 15.2 Å². The summed E-state index contributed by atoms with van der Waals surface area (Å²) in [5.74, 6) is 0.380. The van der Waals surface area contributed by atoms with Crippen LogP contribution in [0.4, 0.5) is 11.4 Å². The molecule has 2 N–H and O–H groups in total. The average Bonchev–Trinajstić information content (AvgIpc) is 3.15. The molecule has 0 aliphatic heterocycles. The Bertz CT molecular complexity index is 476. The van der Waals surface area contributed by atoms with Crippen LogP contribution in [0, 0.1) is 16.0 Å². The molecule has 5 nitrogen and oxygen atoms in total. The molecule has 0 spiro atoms. The number of aliphatic hydroxyl groups excluding tert-OH is 1. The Morgan fingerprint density at radius 3 is 2.78 bits per heavy atom. The Labute approximate surface area is 113 Å². The SMILES string of the molecule is CC(CO)(Nc1ccc(Br)cc1[N+](=O)[O-])C1CC1.